The Bertz CT molecular complexity index is 993. The number of aliphatic hydroxyl groups is 1. The molecule has 1 unspecified atom stereocenters. The Morgan fingerprint density at radius 1 is 1.06 bits per heavy atom. The Labute approximate surface area is 182 Å². The highest BCUT2D eigenvalue weighted by molar-refractivity contribution is 6.09. The van der Waals surface area contributed by atoms with Crippen LogP contribution in [0, 0.1) is 6.92 Å². The third-order valence-corrected chi connectivity index (χ3v) is 6.77. The second-order valence-electron chi connectivity index (χ2n) is 8.84. The number of aliphatic hydroxyl groups excluding tert-OH is 1. The van der Waals surface area contributed by atoms with Crippen LogP contribution in [0.15, 0.2) is 42.6 Å². The molecule has 5 rings (SSSR count). The van der Waals surface area contributed by atoms with E-state index >= 15 is 0 Å². The summed E-state index contributed by atoms with van der Waals surface area (Å²) in [6.45, 7) is 3.03. The van der Waals surface area contributed by atoms with Gasteiger partial charge in [-0.05, 0) is 43.5 Å². The van der Waals surface area contributed by atoms with Crippen molar-refractivity contribution in [2.45, 2.75) is 57.3 Å². The van der Waals surface area contributed by atoms with Gasteiger partial charge in [-0.15, -0.1) is 0 Å². The molecule has 1 N–H and O–H groups in total. The number of pyridine rings is 1. The number of benzene rings is 1. The molecule has 0 radical (unpaired) electrons. The monoisotopic (exact) mass is 420 g/mol. The van der Waals surface area contributed by atoms with Crippen molar-refractivity contribution in [2.24, 2.45) is 0 Å². The number of carbonyl (C=O) groups excluding carboxylic acids is 2. The molecule has 1 aliphatic carbocycles. The van der Waals surface area contributed by atoms with Crippen LogP contribution >= 0.6 is 0 Å². The molecule has 3 aliphatic rings. The number of aryl methyl sites for hydroxylation is 1. The second kappa shape index (κ2) is 7.96. The molecule has 1 saturated heterocycles. The fraction of sp³-hybridized carbons (Fsp3) is 0.458. The van der Waals surface area contributed by atoms with Crippen molar-refractivity contribution < 1.29 is 14.7 Å². The Morgan fingerprint density at radius 3 is 2.58 bits per heavy atom. The van der Waals surface area contributed by atoms with Gasteiger partial charge in [0.25, 0.3) is 0 Å². The maximum Gasteiger partial charge on any atom is 0.248 e. The summed E-state index contributed by atoms with van der Waals surface area (Å²) >= 11 is 0. The molecule has 31 heavy (non-hydrogen) atoms. The van der Waals surface area contributed by atoms with Gasteiger partial charge in [0.05, 0.1) is 23.5 Å². The summed E-state index contributed by atoms with van der Waals surface area (Å²) in [7, 11) is 0. The van der Waals surface area contributed by atoms with Crippen LogP contribution in [-0.2, 0) is 16.1 Å². The number of piperazine rings is 1. The third kappa shape index (κ3) is 3.57. The summed E-state index contributed by atoms with van der Waals surface area (Å²) in [6, 6.07) is 11.0. The van der Waals surface area contributed by atoms with Crippen LogP contribution in [0.5, 0.6) is 0 Å². The fourth-order valence-corrected chi connectivity index (χ4v) is 5.18. The number of nitrogens with zero attached hydrogens (tertiary/aromatic N) is 4. The summed E-state index contributed by atoms with van der Waals surface area (Å²) in [5, 5.41) is 10.5. The van der Waals surface area contributed by atoms with Crippen molar-refractivity contribution in [1.29, 1.82) is 0 Å². The molecule has 162 valence electrons. The Morgan fingerprint density at radius 2 is 1.84 bits per heavy atom. The van der Waals surface area contributed by atoms with Gasteiger partial charge in [-0.3, -0.25) is 19.5 Å². The van der Waals surface area contributed by atoms with E-state index in [1.165, 1.54) is 0 Å². The van der Waals surface area contributed by atoms with Crippen LogP contribution < -0.4 is 9.80 Å². The van der Waals surface area contributed by atoms with E-state index in [-0.39, 0.29) is 24.4 Å². The summed E-state index contributed by atoms with van der Waals surface area (Å²) in [5.74, 6) is -0.140. The summed E-state index contributed by atoms with van der Waals surface area (Å²) < 4.78 is 0. The first kappa shape index (κ1) is 20.0. The third-order valence-electron chi connectivity index (χ3n) is 6.77. The number of para-hydroxylation sites is 2. The van der Waals surface area contributed by atoms with E-state index in [1.807, 2.05) is 43.5 Å². The molecule has 0 bridgehead atoms. The van der Waals surface area contributed by atoms with Gasteiger partial charge in [0.2, 0.25) is 11.8 Å². The van der Waals surface area contributed by atoms with Gasteiger partial charge in [-0.25, -0.2) is 0 Å². The molecule has 3 heterocycles. The van der Waals surface area contributed by atoms with Crippen LogP contribution in [0.25, 0.3) is 0 Å². The number of carbonyl (C=O) groups is 2. The van der Waals surface area contributed by atoms with E-state index in [0.717, 1.165) is 41.9 Å². The maximum absolute atomic E-state index is 13.6. The number of hydrogen-bond acceptors (Lipinski definition) is 5. The first-order chi connectivity index (χ1) is 15.0. The zero-order chi connectivity index (χ0) is 21.5. The Hall–Kier alpha value is -2.93. The normalized spacial score (nSPS) is 26.0. The van der Waals surface area contributed by atoms with Crippen molar-refractivity contribution in [1.82, 2.24) is 9.88 Å². The van der Waals surface area contributed by atoms with E-state index in [9.17, 15) is 14.7 Å². The standard InChI is InChI=1S/C24H28N4O3/c1-16-10-11-17(12-25-16)13-26-14-21-24(31)27(20-8-4-5-9-22(20)29)15-23(30)28(21)19-7-3-2-6-18(19)26/h2-3,6-7,10-12,20-22,29H,4-5,8-9,13-15H2,1H3/t20-,21?,22-/m0/s1. The predicted molar refractivity (Wildman–Crippen MR) is 118 cm³/mol. The van der Waals surface area contributed by atoms with Crippen molar-refractivity contribution in [3.8, 4) is 0 Å². The van der Waals surface area contributed by atoms with Crippen LogP contribution in [0.3, 0.4) is 0 Å². The maximum atomic E-state index is 13.6. The first-order valence-electron chi connectivity index (χ1n) is 11.1. The zero-order valence-corrected chi connectivity index (χ0v) is 17.8. The van der Waals surface area contributed by atoms with Crippen LogP contribution in [0.4, 0.5) is 11.4 Å². The minimum absolute atomic E-state index is 0.0350. The highest BCUT2D eigenvalue weighted by atomic mass is 16.3. The number of aromatic nitrogens is 1. The van der Waals surface area contributed by atoms with Crippen LogP contribution in [0.2, 0.25) is 0 Å². The average Bonchev–Trinajstić information content (AvgIpc) is 2.78. The molecule has 7 nitrogen and oxygen atoms in total. The largest absolute Gasteiger partial charge is 0.391 e. The molecule has 3 atom stereocenters. The molecule has 7 heteroatoms. The predicted octanol–water partition coefficient (Wildman–Crippen LogP) is 2.26. The SMILES string of the molecule is Cc1ccc(CN2CC3C(=O)N([C@H]4CCCC[C@@H]4O)CC(=O)N3c3ccccc32)cn1. The molecular formula is C24H28N4O3. The number of rotatable bonds is 3. The highest BCUT2D eigenvalue weighted by Crippen LogP contribution is 2.39. The van der Waals surface area contributed by atoms with Crippen LogP contribution in [-0.4, -0.2) is 58.1 Å². The molecule has 1 aromatic heterocycles. The van der Waals surface area contributed by atoms with Crippen molar-refractivity contribution in [2.75, 3.05) is 22.9 Å². The minimum atomic E-state index is -0.580. The Balaban J connectivity index is 1.47. The highest BCUT2D eigenvalue weighted by Gasteiger charge is 2.47. The molecule has 2 amide bonds. The van der Waals surface area contributed by atoms with Gasteiger partial charge in [-0.1, -0.05) is 31.0 Å². The summed E-state index contributed by atoms with van der Waals surface area (Å²) in [6.07, 6.45) is 4.69. The summed E-state index contributed by atoms with van der Waals surface area (Å²) in [4.78, 5) is 36.7. The molecule has 1 aromatic carbocycles. The topological polar surface area (TPSA) is 77.0 Å². The quantitative estimate of drug-likeness (QED) is 0.824. The van der Waals surface area contributed by atoms with Gasteiger partial charge >= 0.3 is 0 Å². The van der Waals surface area contributed by atoms with E-state index < -0.39 is 12.1 Å². The van der Waals surface area contributed by atoms with Gasteiger partial charge in [-0.2, -0.15) is 0 Å². The van der Waals surface area contributed by atoms with Crippen molar-refractivity contribution >= 4 is 23.2 Å². The number of anilines is 2. The average molecular weight is 421 g/mol. The van der Waals surface area contributed by atoms with E-state index in [0.29, 0.717) is 19.5 Å². The van der Waals surface area contributed by atoms with E-state index in [2.05, 4.69) is 16.0 Å². The number of hydrogen-bond donors (Lipinski definition) is 1. The second-order valence-corrected chi connectivity index (χ2v) is 8.84. The summed E-state index contributed by atoms with van der Waals surface area (Å²) in [5.41, 5.74) is 3.75. The minimum Gasteiger partial charge on any atom is -0.391 e. The lowest BCUT2D eigenvalue weighted by atomic mass is 9.89. The lowest BCUT2D eigenvalue weighted by Crippen LogP contribution is -2.68. The van der Waals surface area contributed by atoms with Gasteiger partial charge in [0.15, 0.2) is 0 Å². The zero-order valence-electron chi connectivity index (χ0n) is 17.8. The van der Waals surface area contributed by atoms with Crippen molar-refractivity contribution in [3.63, 3.8) is 0 Å². The fourth-order valence-electron chi connectivity index (χ4n) is 5.18. The van der Waals surface area contributed by atoms with Gasteiger partial charge in [0.1, 0.15) is 12.6 Å². The van der Waals surface area contributed by atoms with Crippen molar-refractivity contribution in [3.05, 3.63) is 53.9 Å². The van der Waals surface area contributed by atoms with Crippen LogP contribution in [0.1, 0.15) is 36.9 Å². The molecule has 2 aromatic rings. The smallest absolute Gasteiger partial charge is 0.248 e. The molecular weight excluding hydrogens is 392 g/mol. The molecule has 0 spiro atoms. The van der Waals surface area contributed by atoms with E-state index in [1.54, 1.807) is 9.80 Å². The first-order valence-corrected chi connectivity index (χ1v) is 11.1. The number of fused-ring (bicyclic) bond motifs is 3. The lowest BCUT2D eigenvalue weighted by molar-refractivity contribution is -0.147. The van der Waals surface area contributed by atoms with Gasteiger partial charge in [0, 0.05) is 25.0 Å². The Kier molecular flexibility index (Phi) is 5.14. The lowest BCUT2D eigenvalue weighted by Gasteiger charge is -2.49. The molecule has 2 fully saturated rings. The van der Waals surface area contributed by atoms with E-state index in [4.69, 9.17) is 0 Å². The molecule has 1 saturated carbocycles. The molecule has 2 aliphatic heterocycles. The van der Waals surface area contributed by atoms with Gasteiger partial charge < -0.3 is 14.9 Å². The number of amides is 2.